The van der Waals surface area contributed by atoms with Gasteiger partial charge in [-0.05, 0) is 24.6 Å². The predicted molar refractivity (Wildman–Crippen MR) is 80.2 cm³/mol. The summed E-state index contributed by atoms with van der Waals surface area (Å²) in [6.45, 7) is 4.09. The standard InChI is InChI=1S/C15H19N3OS/c1-2-8-16-9-7-14-17-18-15(19-14)12-10-20-13-6-4-3-5-11(12)13/h3-6,12,16H,2,7-10H2,1H3. The van der Waals surface area contributed by atoms with Crippen LogP contribution in [0, 0.1) is 0 Å². The second kappa shape index (κ2) is 6.41. The molecule has 2 aromatic rings. The highest BCUT2D eigenvalue weighted by Crippen LogP contribution is 2.42. The summed E-state index contributed by atoms with van der Waals surface area (Å²) < 4.78 is 5.83. The van der Waals surface area contributed by atoms with Gasteiger partial charge in [0, 0.05) is 23.6 Å². The van der Waals surface area contributed by atoms with E-state index in [0.717, 1.165) is 43.5 Å². The van der Waals surface area contributed by atoms with Crippen molar-refractivity contribution in [2.24, 2.45) is 0 Å². The fourth-order valence-corrected chi connectivity index (χ4v) is 3.59. The van der Waals surface area contributed by atoms with Crippen molar-refractivity contribution >= 4 is 11.8 Å². The molecule has 1 aromatic heterocycles. The van der Waals surface area contributed by atoms with Gasteiger partial charge in [-0.15, -0.1) is 22.0 Å². The van der Waals surface area contributed by atoms with Crippen LogP contribution >= 0.6 is 11.8 Å². The number of nitrogens with one attached hydrogen (secondary N) is 1. The molecule has 106 valence electrons. The zero-order chi connectivity index (χ0) is 13.8. The number of aromatic nitrogens is 2. The Morgan fingerprint density at radius 3 is 3.10 bits per heavy atom. The maximum absolute atomic E-state index is 5.83. The van der Waals surface area contributed by atoms with Crippen molar-refractivity contribution in [2.75, 3.05) is 18.8 Å². The highest BCUT2D eigenvalue weighted by molar-refractivity contribution is 7.99. The molecule has 0 saturated heterocycles. The molecular weight excluding hydrogens is 270 g/mol. The van der Waals surface area contributed by atoms with E-state index >= 15 is 0 Å². The fraction of sp³-hybridized carbons (Fsp3) is 0.467. The quantitative estimate of drug-likeness (QED) is 0.829. The molecule has 3 rings (SSSR count). The van der Waals surface area contributed by atoms with Gasteiger partial charge in [0.2, 0.25) is 11.8 Å². The minimum Gasteiger partial charge on any atom is -0.425 e. The summed E-state index contributed by atoms with van der Waals surface area (Å²) in [5.41, 5.74) is 1.32. The van der Waals surface area contributed by atoms with Crippen molar-refractivity contribution < 1.29 is 4.42 Å². The molecule has 1 aliphatic heterocycles. The minimum atomic E-state index is 0.251. The molecule has 0 amide bonds. The zero-order valence-corrected chi connectivity index (χ0v) is 12.4. The van der Waals surface area contributed by atoms with Crippen molar-refractivity contribution in [2.45, 2.75) is 30.6 Å². The van der Waals surface area contributed by atoms with Crippen LogP contribution in [0.1, 0.15) is 36.6 Å². The third-order valence-electron chi connectivity index (χ3n) is 3.42. The molecule has 0 fully saturated rings. The molecule has 5 heteroatoms. The van der Waals surface area contributed by atoms with Crippen LogP contribution in [-0.4, -0.2) is 29.0 Å². The third-order valence-corrected chi connectivity index (χ3v) is 4.61. The average molecular weight is 289 g/mol. The molecule has 1 N–H and O–H groups in total. The maximum Gasteiger partial charge on any atom is 0.224 e. The van der Waals surface area contributed by atoms with Gasteiger partial charge < -0.3 is 9.73 Å². The Morgan fingerprint density at radius 1 is 1.30 bits per heavy atom. The Bertz CT molecular complexity index is 570. The summed E-state index contributed by atoms with van der Waals surface area (Å²) >= 11 is 1.86. The van der Waals surface area contributed by atoms with Gasteiger partial charge in [0.05, 0.1) is 5.92 Å². The Hall–Kier alpha value is -1.33. The average Bonchev–Trinajstić information content (AvgIpc) is 3.10. The van der Waals surface area contributed by atoms with Crippen molar-refractivity contribution in [1.82, 2.24) is 15.5 Å². The van der Waals surface area contributed by atoms with Crippen molar-refractivity contribution in [3.05, 3.63) is 41.6 Å². The number of hydrogen-bond donors (Lipinski definition) is 1. The summed E-state index contributed by atoms with van der Waals surface area (Å²) in [7, 11) is 0. The molecule has 2 heterocycles. The van der Waals surface area contributed by atoms with Gasteiger partial charge in [0.1, 0.15) is 0 Å². The first-order valence-corrected chi connectivity index (χ1v) is 8.11. The van der Waals surface area contributed by atoms with Crippen LogP contribution in [-0.2, 0) is 6.42 Å². The first-order chi connectivity index (χ1) is 9.88. The molecule has 0 saturated carbocycles. The highest BCUT2D eigenvalue weighted by atomic mass is 32.2. The highest BCUT2D eigenvalue weighted by Gasteiger charge is 2.28. The lowest BCUT2D eigenvalue weighted by Crippen LogP contribution is -2.17. The van der Waals surface area contributed by atoms with E-state index in [1.807, 2.05) is 11.8 Å². The Kier molecular flexibility index (Phi) is 4.38. The Morgan fingerprint density at radius 2 is 2.20 bits per heavy atom. The number of thioether (sulfide) groups is 1. The molecule has 0 aliphatic carbocycles. The molecule has 0 radical (unpaired) electrons. The molecule has 1 aliphatic rings. The topological polar surface area (TPSA) is 51.0 Å². The molecule has 1 unspecified atom stereocenters. The number of benzene rings is 1. The largest absolute Gasteiger partial charge is 0.425 e. The van der Waals surface area contributed by atoms with Gasteiger partial charge in [-0.1, -0.05) is 25.1 Å². The van der Waals surface area contributed by atoms with Crippen LogP contribution in [0.15, 0.2) is 33.6 Å². The summed E-state index contributed by atoms with van der Waals surface area (Å²) in [5, 5.41) is 11.7. The monoisotopic (exact) mass is 289 g/mol. The van der Waals surface area contributed by atoms with Gasteiger partial charge >= 0.3 is 0 Å². The lowest BCUT2D eigenvalue weighted by atomic mass is 10.0. The second-order valence-electron chi connectivity index (χ2n) is 4.94. The molecule has 0 bridgehead atoms. The van der Waals surface area contributed by atoms with Gasteiger partial charge in [-0.2, -0.15) is 0 Å². The van der Waals surface area contributed by atoms with E-state index in [1.165, 1.54) is 10.5 Å². The summed E-state index contributed by atoms with van der Waals surface area (Å²) in [6, 6.07) is 8.47. The van der Waals surface area contributed by atoms with Gasteiger partial charge in [-0.25, -0.2) is 0 Å². The van der Waals surface area contributed by atoms with Crippen LogP contribution in [0.4, 0.5) is 0 Å². The first-order valence-electron chi connectivity index (χ1n) is 7.13. The minimum absolute atomic E-state index is 0.251. The maximum atomic E-state index is 5.83. The van der Waals surface area contributed by atoms with Crippen LogP contribution in [0.25, 0.3) is 0 Å². The van der Waals surface area contributed by atoms with Crippen molar-refractivity contribution in [1.29, 1.82) is 0 Å². The molecular formula is C15H19N3OS. The third kappa shape index (κ3) is 2.88. The van der Waals surface area contributed by atoms with E-state index < -0.39 is 0 Å². The van der Waals surface area contributed by atoms with E-state index in [-0.39, 0.29) is 5.92 Å². The first kappa shape index (κ1) is 13.6. The fourth-order valence-electron chi connectivity index (χ4n) is 2.37. The second-order valence-corrected chi connectivity index (χ2v) is 6.00. The number of fused-ring (bicyclic) bond motifs is 1. The normalized spacial score (nSPS) is 17.4. The van der Waals surface area contributed by atoms with Gasteiger partial charge in [0.15, 0.2) is 0 Å². The van der Waals surface area contributed by atoms with Crippen LogP contribution in [0.5, 0.6) is 0 Å². The summed E-state index contributed by atoms with van der Waals surface area (Å²) in [6.07, 6.45) is 1.94. The number of rotatable bonds is 6. The summed E-state index contributed by atoms with van der Waals surface area (Å²) in [5.74, 6) is 2.74. The lowest BCUT2D eigenvalue weighted by molar-refractivity contribution is 0.435. The zero-order valence-electron chi connectivity index (χ0n) is 11.6. The lowest BCUT2D eigenvalue weighted by Gasteiger charge is -2.04. The summed E-state index contributed by atoms with van der Waals surface area (Å²) in [4.78, 5) is 1.34. The molecule has 1 aromatic carbocycles. The van der Waals surface area contributed by atoms with E-state index in [9.17, 15) is 0 Å². The van der Waals surface area contributed by atoms with Crippen molar-refractivity contribution in [3.63, 3.8) is 0 Å². The number of hydrogen-bond acceptors (Lipinski definition) is 5. The van der Waals surface area contributed by atoms with Gasteiger partial charge in [-0.3, -0.25) is 0 Å². The number of nitrogens with zero attached hydrogens (tertiary/aromatic N) is 2. The Balaban J connectivity index is 1.66. The Labute approximate surface area is 123 Å². The molecule has 20 heavy (non-hydrogen) atoms. The van der Waals surface area contributed by atoms with E-state index in [1.54, 1.807) is 0 Å². The van der Waals surface area contributed by atoms with Crippen LogP contribution < -0.4 is 5.32 Å². The van der Waals surface area contributed by atoms with Gasteiger partial charge in [0.25, 0.3) is 0 Å². The van der Waals surface area contributed by atoms with Crippen LogP contribution in [0.2, 0.25) is 0 Å². The van der Waals surface area contributed by atoms with Crippen LogP contribution in [0.3, 0.4) is 0 Å². The SMILES string of the molecule is CCCNCCc1nnc(C2CSc3ccccc32)o1. The molecule has 1 atom stereocenters. The smallest absolute Gasteiger partial charge is 0.224 e. The van der Waals surface area contributed by atoms with E-state index in [4.69, 9.17) is 4.42 Å². The van der Waals surface area contributed by atoms with E-state index in [2.05, 4.69) is 46.7 Å². The van der Waals surface area contributed by atoms with E-state index in [0.29, 0.717) is 0 Å². The predicted octanol–water partition coefficient (Wildman–Crippen LogP) is 2.85. The van der Waals surface area contributed by atoms with Crippen molar-refractivity contribution in [3.8, 4) is 0 Å². The molecule has 0 spiro atoms. The molecule has 4 nitrogen and oxygen atoms in total.